The number of nitrogens with one attached hydrogen (secondary N) is 1. The summed E-state index contributed by atoms with van der Waals surface area (Å²) in [6, 6.07) is 8.57. The predicted octanol–water partition coefficient (Wildman–Crippen LogP) is 1.22. The number of methoxy groups -OCH3 is 1. The minimum absolute atomic E-state index is 0.779. The maximum absolute atomic E-state index is 5.19. The van der Waals surface area contributed by atoms with Gasteiger partial charge in [-0.15, -0.1) is 5.10 Å². The van der Waals surface area contributed by atoms with E-state index in [0.29, 0.717) is 0 Å². The number of hydrogen-bond donors (Lipinski definition) is 1. The van der Waals surface area contributed by atoms with Crippen molar-refractivity contribution in [2.24, 2.45) is 0 Å². The zero-order valence-electron chi connectivity index (χ0n) is 13.7. The van der Waals surface area contributed by atoms with Crippen LogP contribution in [0.3, 0.4) is 0 Å². The van der Waals surface area contributed by atoms with E-state index in [0.717, 1.165) is 28.4 Å². The quantitative estimate of drug-likeness (QED) is 0.805. The zero-order chi connectivity index (χ0) is 16.1. The van der Waals surface area contributed by atoms with E-state index in [2.05, 4.69) is 22.6 Å². The van der Waals surface area contributed by atoms with Gasteiger partial charge in [0.1, 0.15) is 5.75 Å². The number of thioether (sulfide) groups is 1. The van der Waals surface area contributed by atoms with Crippen LogP contribution in [-0.4, -0.2) is 52.7 Å². The summed E-state index contributed by atoms with van der Waals surface area (Å²) >= 11 is 1.74. The Labute approximate surface area is 141 Å². The fraction of sp³-hybridized carbons (Fsp3) is 0.562. The summed E-state index contributed by atoms with van der Waals surface area (Å²) in [7, 11) is 3.98. The maximum atomic E-state index is 5.19. The Morgan fingerprint density at radius 3 is 2.87 bits per heavy atom. The second kappa shape index (κ2) is 7.79. The molecule has 23 heavy (non-hydrogen) atoms. The van der Waals surface area contributed by atoms with E-state index in [1.165, 1.54) is 32.2 Å². The Hall–Kier alpha value is -1.60. The molecule has 1 N–H and O–H groups in total. The molecule has 0 spiro atoms. The second-order valence-electron chi connectivity index (χ2n) is 6.00. The predicted molar refractivity (Wildman–Crippen MR) is 90.4 cm³/mol. The van der Waals surface area contributed by atoms with Crippen LogP contribution >= 0.6 is 11.8 Å². The van der Waals surface area contributed by atoms with Gasteiger partial charge in [-0.25, -0.2) is 0 Å². The van der Waals surface area contributed by atoms with Crippen molar-refractivity contribution in [1.29, 1.82) is 0 Å². The van der Waals surface area contributed by atoms with Crippen molar-refractivity contribution in [3.8, 4) is 11.4 Å². The van der Waals surface area contributed by atoms with Crippen LogP contribution in [0.15, 0.2) is 29.4 Å². The van der Waals surface area contributed by atoms with E-state index < -0.39 is 0 Å². The topological polar surface area (TPSA) is 57.3 Å². The number of piperidine rings is 1. The first kappa shape index (κ1) is 16.3. The van der Waals surface area contributed by atoms with E-state index in [1.807, 2.05) is 24.3 Å². The summed E-state index contributed by atoms with van der Waals surface area (Å²) < 4.78 is 6.98. The molecule has 0 bridgehead atoms. The van der Waals surface area contributed by atoms with Crippen molar-refractivity contribution in [2.45, 2.75) is 36.9 Å². The molecule has 1 aliphatic heterocycles. The number of ether oxygens (including phenoxy) is 1. The van der Waals surface area contributed by atoms with Crippen LogP contribution in [0.5, 0.6) is 5.75 Å². The SMILES string of the molecule is COc1ccc(-n2nnnc2SCC[C@@H]2CCCC[NH+]2C)cc1. The van der Waals surface area contributed by atoms with Crippen LogP contribution in [0.1, 0.15) is 25.7 Å². The smallest absolute Gasteiger partial charge is 0.214 e. The van der Waals surface area contributed by atoms with Crippen LogP contribution in [0.2, 0.25) is 0 Å². The summed E-state index contributed by atoms with van der Waals surface area (Å²) in [5.41, 5.74) is 0.957. The van der Waals surface area contributed by atoms with Crippen LogP contribution in [0.25, 0.3) is 5.69 Å². The van der Waals surface area contributed by atoms with Crippen molar-refractivity contribution < 1.29 is 9.64 Å². The van der Waals surface area contributed by atoms with Gasteiger partial charge in [-0.2, -0.15) is 4.68 Å². The van der Waals surface area contributed by atoms with Gasteiger partial charge in [0.2, 0.25) is 5.16 Å². The molecule has 2 atom stereocenters. The fourth-order valence-corrected chi connectivity index (χ4v) is 4.03. The second-order valence-corrected chi connectivity index (χ2v) is 7.06. The van der Waals surface area contributed by atoms with Crippen molar-refractivity contribution in [1.82, 2.24) is 20.2 Å². The number of rotatable bonds is 6. The summed E-state index contributed by atoms with van der Waals surface area (Å²) in [5.74, 6) is 1.89. The van der Waals surface area contributed by atoms with Crippen LogP contribution in [0, 0.1) is 0 Å². The van der Waals surface area contributed by atoms with Crippen molar-refractivity contribution in [3.63, 3.8) is 0 Å². The number of nitrogens with zero attached hydrogens (tertiary/aromatic N) is 4. The summed E-state index contributed by atoms with van der Waals surface area (Å²) in [4.78, 5) is 1.67. The first-order chi connectivity index (χ1) is 11.3. The molecule has 0 aliphatic carbocycles. The highest BCUT2D eigenvalue weighted by atomic mass is 32.2. The number of benzene rings is 1. The summed E-state index contributed by atoms with van der Waals surface area (Å²) in [6.07, 6.45) is 5.29. The molecule has 1 aliphatic rings. The van der Waals surface area contributed by atoms with Gasteiger partial charge in [0.15, 0.2) is 0 Å². The molecule has 1 fully saturated rings. The molecule has 0 amide bonds. The van der Waals surface area contributed by atoms with Gasteiger partial charge in [0, 0.05) is 12.2 Å². The Morgan fingerprint density at radius 2 is 2.13 bits per heavy atom. The third-order valence-corrected chi connectivity index (χ3v) is 5.48. The minimum Gasteiger partial charge on any atom is -0.497 e. The van der Waals surface area contributed by atoms with E-state index in [1.54, 1.807) is 28.5 Å². The Kier molecular flexibility index (Phi) is 5.51. The van der Waals surface area contributed by atoms with Crippen LogP contribution in [-0.2, 0) is 0 Å². The number of tetrazole rings is 1. The number of hydrogen-bond acceptors (Lipinski definition) is 5. The largest absolute Gasteiger partial charge is 0.497 e. The van der Waals surface area contributed by atoms with E-state index in [9.17, 15) is 0 Å². The Morgan fingerprint density at radius 1 is 1.30 bits per heavy atom. The van der Waals surface area contributed by atoms with Gasteiger partial charge in [-0.3, -0.25) is 0 Å². The standard InChI is InChI=1S/C16H23N5OS/c1-20-11-4-3-5-13(20)10-12-23-16-17-18-19-21(16)14-6-8-15(22-2)9-7-14/h6-9,13H,3-5,10-12H2,1-2H3/p+1/t13-/m0/s1. The number of aromatic nitrogens is 4. The maximum Gasteiger partial charge on any atom is 0.214 e. The van der Waals surface area contributed by atoms with E-state index in [-0.39, 0.29) is 0 Å². The van der Waals surface area contributed by atoms with Gasteiger partial charge in [0.25, 0.3) is 0 Å². The van der Waals surface area contributed by atoms with E-state index in [4.69, 9.17) is 4.74 Å². The minimum atomic E-state index is 0.779. The number of likely N-dealkylation sites (tertiary alicyclic amines) is 1. The highest BCUT2D eigenvalue weighted by Gasteiger charge is 2.22. The van der Waals surface area contributed by atoms with Crippen LogP contribution in [0.4, 0.5) is 0 Å². The lowest BCUT2D eigenvalue weighted by atomic mass is 10.0. The third kappa shape index (κ3) is 4.03. The van der Waals surface area contributed by atoms with Gasteiger partial charge in [0.05, 0.1) is 32.4 Å². The van der Waals surface area contributed by atoms with Gasteiger partial charge >= 0.3 is 0 Å². The normalized spacial score (nSPS) is 21.3. The molecule has 2 aromatic rings. The molecule has 1 saturated heterocycles. The molecule has 1 unspecified atom stereocenters. The Balaban J connectivity index is 1.59. The first-order valence-electron chi connectivity index (χ1n) is 8.16. The highest BCUT2D eigenvalue weighted by molar-refractivity contribution is 7.99. The summed E-state index contributed by atoms with van der Waals surface area (Å²) in [6.45, 7) is 1.30. The Bertz CT molecular complexity index is 615. The lowest BCUT2D eigenvalue weighted by Crippen LogP contribution is -3.13. The van der Waals surface area contributed by atoms with Gasteiger partial charge in [-0.05, 0) is 54.0 Å². The van der Waals surface area contributed by atoms with Crippen LogP contribution < -0.4 is 9.64 Å². The molecule has 2 heterocycles. The molecule has 0 saturated carbocycles. The molecule has 7 heteroatoms. The molecule has 0 radical (unpaired) electrons. The molecule has 6 nitrogen and oxygen atoms in total. The third-order valence-electron chi connectivity index (χ3n) is 4.53. The lowest BCUT2D eigenvalue weighted by Gasteiger charge is -2.29. The van der Waals surface area contributed by atoms with Crippen molar-refractivity contribution in [2.75, 3.05) is 26.5 Å². The fourth-order valence-electron chi connectivity index (χ4n) is 3.08. The van der Waals surface area contributed by atoms with Gasteiger partial charge in [-0.1, -0.05) is 11.8 Å². The molecular weight excluding hydrogens is 310 g/mol. The van der Waals surface area contributed by atoms with Crippen molar-refractivity contribution in [3.05, 3.63) is 24.3 Å². The van der Waals surface area contributed by atoms with Gasteiger partial charge < -0.3 is 9.64 Å². The highest BCUT2D eigenvalue weighted by Crippen LogP contribution is 2.21. The summed E-state index contributed by atoms with van der Waals surface area (Å²) in [5, 5.41) is 13.0. The number of quaternary nitrogens is 1. The molecular formula is C16H24N5OS+. The van der Waals surface area contributed by atoms with Crippen molar-refractivity contribution >= 4 is 11.8 Å². The zero-order valence-corrected chi connectivity index (χ0v) is 14.6. The molecule has 124 valence electrons. The van der Waals surface area contributed by atoms with E-state index >= 15 is 0 Å². The average molecular weight is 334 g/mol. The molecule has 1 aromatic carbocycles. The molecule has 1 aromatic heterocycles. The molecule has 3 rings (SSSR count). The first-order valence-corrected chi connectivity index (χ1v) is 9.14. The lowest BCUT2D eigenvalue weighted by molar-refractivity contribution is -0.911. The average Bonchev–Trinajstić information content (AvgIpc) is 3.05. The monoisotopic (exact) mass is 334 g/mol.